The Hall–Kier alpha value is -1.74. The Morgan fingerprint density at radius 1 is 1.56 bits per heavy atom. The Balaban J connectivity index is 2.09. The van der Waals surface area contributed by atoms with Gasteiger partial charge in [0.15, 0.2) is 5.75 Å². The molecule has 16 heavy (non-hydrogen) atoms. The Kier molecular flexibility index (Phi) is 2.97. The van der Waals surface area contributed by atoms with Gasteiger partial charge in [0.25, 0.3) is 0 Å². The van der Waals surface area contributed by atoms with E-state index in [9.17, 15) is 4.79 Å². The molecule has 0 aliphatic carbocycles. The summed E-state index contributed by atoms with van der Waals surface area (Å²) in [7, 11) is 0. The Morgan fingerprint density at radius 2 is 2.25 bits per heavy atom. The summed E-state index contributed by atoms with van der Waals surface area (Å²) in [6, 6.07) is 1.93. The molecule has 1 saturated heterocycles. The van der Waals surface area contributed by atoms with Crippen molar-refractivity contribution in [2.24, 2.45) is 0 Å². The van der Waals surface area contributed by atoms with E-state index in [4.69, 9.17) is 15.7 Å². The van der Waals surface area contributed by atoms with Gasteiger partial charge in [-0.15, -0.1) is 11.3 Å². The third-order valence-electron chi connectivity index (χ3n) is 2.46. The van der Waals surface area contributed by atoms with Crippen LogP contribution in [0.4, 0.5) is 9.80 Å². The molecule has 2 rings (SSSR count). The molecule has 2 N–H and O–H groups in total. The number of anilines is 1. The van der Waals surface area contributed by atoms with Crippen molar-refractivity contribution in [2.45, 2.75) is 12.8 Å². The molecule has 1 aliphatic rings. The van der Waals surface area contributed by atoms with Gasteiger partial charge < -0.3 is 15.4 Å². The standard InChI is InChI=1S/C10H11N3O2S/c11-5-7-8(6-16-9(7)12)15-10(14)13-3-1-2-4-13/h6H,1-4,12H2. The van der Waals surface area contributed by atoms with Gasteiger partial charge in [0.2, 0.25) is 0 Å². The topological polar surface area (TPSA) is 79.3 Å². The largest absolute Gasteiger partial charge is 0.415 e. The fourth-order valence-corrected chi connectivity index (χ4v) is 2.26. The molecular formula is C10H11N3O2S. The molecule has 1 aliphatic heterocycles. The molecule has 84 valence electrons. The average Bonchev–Trinajstić information content (AvgIpc) is 2.88. The first-order chi connectivity index (χ1) is 7.72. The van der Waals surface area contributed by atoms with Crippen LogP contribution in [0.2, 0.25) is 0 Å². The van der Waals surface area contributed by atoms with E-state index in [1.54, 1.807) is 10.3 Å². The fraction of sp³-hybridized carbons (Fsp3) is 0.400. The molecule has 1 amide bonds. The number of thiophene rings is 1. The summed E-state index contributed by atoms with van der Waals surface area (Å²) in [5.74, 6) is 0.266. The van der Waals surface area contributed by atoms with Gasteiger partial charge in [-0.2, -0.15) is 5.26 Å². The number of hydrogen-bond acceptors (Lipinski definition) is 5. The van der Waals surface area contributed by atoms with Crippen LogP contribution in [0.15, 0.2) is 5.38 Å². The van der Waals surface area contributed by atoms with Crippen molar-refractivity contribution in [3.8, 4) is 11.8 Å². The Labute approximate surface area is 97.0 Å². The third kappa shape index (κ3) is 1.95. The molecule has 2 heterocycles. The van der Waals surface area contributed by atoms with Gasteiger partial charge in [-0.1, -0.05) is 0 Å². The second-order valence-electron chi connectivity index (χ2n) is 3.51. The van der Waals surface area contributed by atoms with Crippen molar-refractivity contribution in [1.29, 1.82) is 5.26 Å². The lowest BCUT2D eigenvalue weighted by Gasteiger charge is -2.14. The zero-order valence-corrected chi connectivity index (χ0v) is 9.42. The summed E-state index contributed by atoms with van der Waals surface area (Å²) in [4.78, 5) is 13.3. The molecule has 0 aromatic carbocycles. The molecule has 1 fully saturated rings. The molecule has 0 bridgehead atoms. The second-order valence-corrected chi connectivity index (χ2v) is 4.42. The summed E-state index contributed by atoms with van der Waals surface area (Å²) >= 11 is 1.20. The number of nitrogen functional groups attached to an aromatic ring is 1. The lowest BCUT2D eigenvalue weighted by molar-refractivity contribution is 0.163. The maximum Gasteiger partial charge on any atom is 0.415 e. The van der Waals surface area contributed by atoms with Crippen molar-refractivity contribution in [3.63, 3.8) is 0 Å². The minimum atomic E-state index is -0.396. The van der Waals surface area contributed by atoms with Crippen LogP contribution in [-0.2, 0) is 0 Å². The smallest absolute Gasteiger partial charge is 0.408 e. The predicted molar refractivity (Wildman–Crippen MR) is 60.3 cm³/mol. The van der Waals surface area contributed by atoms with Crippen LogP contribution in [0.1, 0.15) is 18.4 Å². The zero-order valence-electron chi connectivity index (χ0n) is 8.60. The molecular weight excluding hydrogens is 226 g/mol. The number of hydrogen-bond donors (Lipinski definition) is 1. The molecule has 0 radical (unpaired) electrons. The first-order valence-electron chi connectivity index (χ1n) is 4.96. The zero-order chi connectivity index (χ0) is 11.5. The fourth-order valence-electron chi connectivity index (χ4n) is 1.60. The van der Waals surface area contributed by atoms with E-state index in [-0.39, 0.29) is 11.3 Å². The summed E-state index contributed by atoms with van der Waals surface area (Å²) < 4.78 is 5.14. The lowest BCUT2D eigenvalue weighted by atomic mass is 10.3. The Morgan fingerprint density at radius 3 is 2.88 bits per heavy atom. The molecule has 1 aromatic rings. The molecule has 0 saturated carbocycles. The highest BCUT2D eigenvalue weighted by Crippen LogP contribution is 2.31. The van der Waals surface area contributed by atoms with Crippen LogP contribution < -0.4 is 10.5 Å². The highest BCUT2D eigenvalue weighted by Gasteiger charge is 2.22. The number of carbonyl (C=O) groups is 1. The van der Waals surface area contributed by atoms with Crippen LogP contribution >= 0.6 is 11.3 Å². The van der Waals surface area contributed by atoms with Crippen LogP contribution in [0.3, 0.4) is 0 Å². The lowest BCUT2D eigenvalue weighted by Crippen LogP contribution is -2.30. The molecule has 6 heteroatoms. The van der Waals surface area contributed by atoms with Crippen molar-refractivity contribution in [1.82, 2.24) is 4.90 Å². The number of rotatable bonds is 1. The van der Waals surface area contributed by atoms with Gasteiger partial charge in [0, 0.05) is 18.5 Å². The van der Waals surface area contributed by atoms with Gasteiger partial charge in [-0.25, -0.2) is 4.79 Å². The second kappa shape index (κ2) is 4.41. The van der Waals surface area contributed by atoms with Gasteiger partial charge in [-0.3, -0.25) is 0 Å². The summed E-state index contributed by atoms with van der Waals surface area (Å²) in [6.07, 6.45) is 1.62. The minimum absolute atomic E-state index is 0.248. The molecule has 0 spiro atoms. The SMILES string of the molecule is N#Cc1c(OC(=O)N2CCCC2)csc1N. The number of nitriles is 1. The normalized spacial score (nSPS) is 14.8. The van der Waals surface area contributed by atoms with E-state index >= 15 is 0 Å². The quantitative estimate of drug-likeness (QED) is 0.807. The minimum Gasteiger partial charge on any atom is -0.408 e. The van der Waals surface area contributed by atoms with Crippen LogP contribution in [0, 0.1) is 11.3 Å². The number of amides is 1. The van der Waals surface area contributed by atoms with Crippen molar-refractivity contribution in [3.05, 3.63) is 10.9 Å². The van der Waals surface area contributed by atoms with Gasteiger partial charge in [0.1, 0.15) is 16.6 Å². The molecule has 0 unspecified atom stereocenters. The van der Waals surface area contributed by atoms with Crippen molar-refractivity contribution >= 4 is 22.4 Å². The summed E-state index contributed by atoms with van der Waals surface area (Å²) in [6.45, 7) is 1.45. The van der Waals surface area contributed by atoms with Gasteiger partial charge in [0.05, 0.1) is 0 Å². The highest BCUT2D eigenvalue weighted by atomic mass is 32.1. The maximum absolute atomic E-state index is 11.7. The Bertz CT molecular complexity index is 443. The van der Waals surface area contributed by atoms with Crippen LogP contribution in [0.5, 0.6) is 5.75 Å². The van der Waals surface area contributed by atoms with E-state index < -0.39 is 6.09 Å². The van der Waals surface area contributed by atoms with E-state index in [1.807, 2.05) is 6.07 Å². The number of carbonyl (C=O) groups excluding carboxylic acids is 1. The summed E-state index contributed by atoms with van der Waals surface area (Å²) in [5.41, 5.74) is 5.82. The predicted octanol–water partition coefficient (Wildman–Crippen LogP) is 1.80. The van der Waals surface area contributed by atoms with Crippen molar-refractivity contribution in [2.75, 3.05) is 18.8 Å². The van der Waals surface area contributed by atoms with Gasteiger partial charge in [-0.05, 0) is 12.8 Å². The average molecular weight is 237 g/mol. The first-order valence-corrected chi connectivity index (χ1v) is 5.84. The third-order valence-corrected chi connectivity index (χ3v) is 3.25. The number of nitrogens with two attached hydrogens (primary N) is 1. The van der Waals surface area contributed by atoms with Crippen LogP contribution in [-0.4, -0.2) is 24.1 Å². The van der Waals surface area contributed by atoms with E-state index in [0.29, 0.717) is 5.00 Å². The monoisotopic (exact) mass is 237 g/mol. The van der Waals surface area contributed by atoms with Gasteiger partial charge >= 0.3 is 6.09 Å². The maximum atomic E-state index is 11.7. The van der Waals surface area contributed by atoms with E-state index in [1.165, 1.54) is 11.3 Å². The summed E-state index contributed by atoms with van der Waals surface area (Å²) in [5, 5.41) is 10.8. The van der Waals surface area contributed by atoms with E-state index in [2.05, 4.69) is 0 Å². The van der Waals surface area contributed by atoms with Crippen molar-refractivity contribution < 1.29 is 9.53 Å². The highest BCUT2D eigenvalue weighted by molar-refractivity contribution is 7.14. The number of ether oxygens (including phenoxy) is 1. The molecule has 5 nitrogen and oxygen atoms in total. The number of nitrogens with zero attached hydrogens (tertiary/aromatic N) is 2. The van der Waals surface area contributed by atoms with E-state index in [0.717, 1.165) is 25.9 Å². The van der Waals surface area contributed by atoms with Crippen LogP contribution in [0.25, 0.3) is 0 Å². The molecule has 1 aromatic heterocycles. The molecule has 0 atom stereocenters. The first kappa shape index (κ1) is 10.8. The number of likely N-dealkylation sites (tertiary alicyclic amines) is 1.